The fraction of sp³-hybridized carbons (Fsp3) is 0.150. The zero-order valence-corrected chi connectivity index (χ0v) is 14.4. The van der Waals surface area contributed by atoms with E-state index < -0.39 is 5.78 Å². The minimum Gasteiger partial charge on any atom is -0.493 e. The number of hydrogen-bond donors (Lipinski definition) is 0. The highest BCUT2D eigenvalue weighted by Crippen LogP contribution is 2.33. The summed E-state index contributed by atoms with van der Waals surface area (Å²) in [4.78, 5) is 12.7. The van der Waals surface area contributed by atoms with Crippen LogP contribution >= 0.6 is 0 Å². The van der Waals surface area contributed by atoms with Crippen molar-refractivity contribution in [2.75, 3.05) is 20.5 Å². The third kappa shape index (κ3) is 3.83. The number of Topliss-reactive ketones (excluding diaryl/α,β-unsaturated/α-hetero) is 1. The first-order valence-corrected chi connectivity index (χ1v) is 7.90. The Balaban J connectivity index is 1.89. The second-order valence-electron chi connectivity index (χ2n) is 5.42. The number of carbonyl (C=O) groups is 1. The Labute approximate surface area is 155 Å². The molecule has 0 saturated heterocycles. The fourth-order valence-electron chi connectivity index (χ4n) is 2.51. The van der Waals surface area contributed by atoms with Gasteiger partial charge in [0.05, 0.1) is 7.11 Å². The van der Waals surface area contributed by atoms with Crippen molar-refractivity contribution in [3.63, 3.8) is 0 Å². The number of ketones is 1. The molecular formula is C20H14N2O5. The molecule has 0 aromatic heterocycles. The maximum Gasteiger partial charge on any atom is 0.231 e. The topological polar surface area (TPSA) is 102 Å². The zero-order valence-electron chi connectivity index (χ0n) is 14.4. The molecule has 0 unspecified atom stereocenters. The number of carbonyl (C=O) groups excluding carboxylic acids is 1. The first-order chi connectivity index (χ1) is 13.2. The summed E-state index contributed by atoms with van der Waals surface area (Å²) in [5, 5.41) is 18.0. The molecule has 2 aromatic rings. The Hall–Kier alpha value is -3.97. The molecule has 3 rings (SSSR count). The van der Waals surface area contributed by atoms with Crippen molar-refractivity contribution in [3.05, 3.63) is 53.1 Å². The normalized spacial score (nSPS) is 12.0. The molecule has 0 spiro atoms. The molecule has 0 saturated carbocycles. The summed E-state index contributed by atoms with van der Waals surface area (Å²) < 4.78 is 21.0. The largest absolute Gasteiger partial charge is 0.493 e. The van der Waals surface area contributed by atoms with Gasteiger partial charge in [0, 0.05) is 5.56 Å². The molecule has 0 N–H and O–H groups in total. The monoisotopic (exact) mass is 362 g/mol. The van der Waals surface area contributed by atoms with Gasteiger partial charge in [0.2, 0.25) is 12.6 Å². The first-order valence-electron chi connectivity index (χ1n) is 7.90. The summed E-state index contributed by atoms with van der Waals surface area (Å²) in [6.45, 7) is -0.00840. The third-order valence-corrected chi connectivity index (χ3v) is 3.79. The summed E-state index contributed by atoms with van der Waals surface area (Å²) in [6.07, 6.45) is 1.46. The quantitative estimate of drug-likeness (QED) is 0.442. The number of allylic oxidation sites excluding steroid dienone is 1. The Bertz CT molecular complexity index is 998. The minimum atomic E-state index is -0.431. The van der Waals surface area contributed by atoms with E-state index in [1.54, 1.807) is 36.4 Å². The van der Waals surface area contributed by atoms with Gasteiger partial charge in [-0.2, -0.15) is 10.5 Å². The van der Waals surface area contributed by atoms with Crippen LogP contribution in [0.1, 0.15) is 15.9 Å². The van der Waals surface area contributed by atoms with E-state index in [1.807, 2.05) is 12.1 Å². The van der Waals surface area contributed by atoms with Crippen LogP contribution in [-0.2, 0) is 0 Å². The second-order valence-corrected chi connectivity index (χ2v) is 5.42. The molecule has 0 atom stereocenters. The van der Waals surface area contributed by atoms with Crippen molar-refractivity contribution in [3.8, 4) is 35.1 Å². The molecule has 134 valence electrons. The number of methoxy groups -OCH3 is 1. The Kier molecular flexibility index (Phi) is 5.25. The van der Waals surface area contributed by atoms with Crippen molar-refractivity contribution in [1.82, 2.24) is 0 Å². The number of nitrogens with zero attached hydrogens (tertiary/aromatic N) is 2. The lowest BCUT2D eigenvalue weighted by molar-refractivity contribution is 0.103. The smallest absolute Gasteiger partial charge is 0.231 e. The van der Waals surface area contributed by atoms with E-state index >= 15 is 0 Å². The number of hydrogen-bond acceptors (Lipinski definition) is 7. The van der Waals surface area contributed by atoms with E-state index in [9.17, 15) is 10.1 Å². The lowest BCUT2D eigenvalue weighted by Crippen LogP contribution is -2.02. The molecule has 1 aliphatic rings. The molecule has 7 nitrogen and oxygen atoms in total. The van der Waals surface area contributed by atoms with Crippen LogP contribution in [0.3, 0.4) is 0 Å². The molecule has 0 bridgehead atoms. The van der Waals surface area contributed by atoms with Crippen molar-refractivity contribution in [1.29, 1.82) is 10.5 Å². The molecular weight excluding hydrogens is 348 g/mol. The van der Waals surface area contributed by atoms with Gasteiger partial charge in [0.15, 0.2) is 29.6 Å². The number of nitriles is 2. The van der Waals surface area contributed by atoms with Crippen LogP contribution < -0.4 is 18.9 Å². The first kappa shape index (κ1) is 17.8. The molecule has 0 aliphatic carbocycles. The highest BCUT2D eigenvalue weighted by Gasteiger charge is 2.19. The van der Waals surface area contributed by atoms with Crippen LogP contribution in [0.4, 0.5) is 0 Å². The zero-order chi connectivity index (χ0) is 19.2. The summed E-state index contributed by atoms with van der Waals surface area (Å²) in [5.41, 5.74) is 0.872. The third-order valence-electron chi connectivity index (χ3n) is 3.79. The standard InChI is InChI=1S/C20H14N2O5/c1-24-18-9-13(2-4-16(18)25-7-6-21)8-15(11-22)20(23)14-3-5-17-19(10-14)27-12-26-17/h2-5,8-10H,7,12H2,1H3. The molecule has 0 radical (unpaired) electrons. The predicted molar refractivity (Wildman–Crippen MR) is 94.6 cm³/mol. The van der Waals surface area contributed by atoms with E-state index in [-0.39, 0.29) is 19.0 Å². The van der Waals surface area contributed by atoms with Crippen molar-refractivity contribution in [2.24, 2.45) is 0 Å². The number of fused-ring (bicyclic) bond motifs is 1. The average molecular weight is 362 g/mol. The van der Waals surface area contributed by atoms with Gasteiger partial charge < -0.3 is 18.9 Å². The molecule has 27 heavy (non-hydrogen) atoms. The van der Waals surface area contributed by atoms with Gasteiger partial charge in [-0.3, -0.25) is 4.79 Å². The maximum atomic E-state index is 12.7. The Morgan fingerprint density at radius 2 is 1.96 bits per heavy atom. The van der Waals surface area contributed by atoms with Crippen LogP contribution in [0.2, 0.25) is 0 Å². The van der Waals surface area contributed by atoms with Crippen molar-refractivity contribution in [2.45, 2.75) is 0 Å². The Morgan fingerprint density at radius 1 is 1.15 bits per heavy atom. The van der Waals surface area contributed by atoms with E-state index in [0.29, 0.717) is 34.1 Å². The van der Waals surface area contributed by atoms with Gasteiger partial charge in [0.25, 0.3) is 0 Å². The van der Waals surface area contributed by atoms with Crippen LogP contribution in [-0.4, -0.2) is 26.3 Å². The summed E-state index contributed by atoms with van der Waals surface area (Å²) >= 11 is 0. The van der Waals surface area contributed by atoms with Gasteiger partial charge in [-0.15, -0.1) is 0 Å². The van der Waals surface area contributed by atoms with Gasteiger partial charge in [0.1, 0.15) is 17.7 Å². The molecule has 1 heterocycles. The number of ether oxygens (including phenoxy) is 4. The summed E-state index contributed by atoms with van der Waals surface area (Å²) in [6, 6.07) is 13.5. The SMILES string of the molecule is COc1cc(C=C(C#N)C(=O)c2ccc3c(c2)OCO3)ccc1OCC#N. The highest BCUT2D eigenvalue weighted by molar-refractivity contribution is 6.14. The van der Waals surface area contributed by atoms with E-state index in [2.05, 4.69) is 0 Å². The van der Waals surface area contributed by atoms with E-state index in [1.165, 1.54) is 13.2 Å². The van der Waals surface area contributed by atoms with E-state index in [0.717, 1.165) is 0 Å². The summed E-state index contributed by atoms with van der Waals surface area (Å²) in [7, 11) is 1.46. The van der Waals surface area contributed by atoms with Crippen molar-refractivity contribution >= 4 is 11.9 Å². The van der Waals surface area contributed by atoms with Crippen LogP contribution in [0.15, 0.2) is 42.0 Å². The lowest BCUT2D eigenvalue weighted by atomic mass is 10.0. The van der Waals surface area contributed by atoms with Crippen LogP contribution in [0.25, 0.3) is 6.08 Å². The molecule has 2 aromatic carbocycles. The van der Waals surface area contributed by atoms with E-state index in [4.69, 9.17) is 24.2 Å². The fourth-order valence-corrected chi connectivity index (χ4v) is 2.51. The molecule has 7 heteroatoms. The summed E-state index contributed by atoms with van der Waals surface area (Å²) in [5.74, 6) is 1.40. The van der Waals surface area contributed by atoms with Crippen molar-refractivity contribution < 1.29 is 23.7 Å². The van der Waals surface area contributed by atoms with Gasteiger partial charge in [-0.1, -0.05) is 6.07 Å². The molecule has 1 aliphatic heterocycles. The highest BCUT2D eigenvalue weighted by atomic mass is 16.7. The van der Waals surface area contributed by atoms with Gasteiger partial charge >= 0.3 is 0 Å². The lowest BCUT2D eigenvalue weighted by Gasteiger charge is -2.09. The van der Waals surface area contributed by atoms with Gasteiger partial charge in [-0.25, -0.2) is 0 Å². The Morgan fingerprint density at radius 3 is 2.70 bits per heavy atom. The second kappa shape index (κ2) is 7.94. The predicted octanol–water partition coefficient (Wildman–Crippen LogP) is 3.12. The number of benzene rings is 2. The maximum absolute atomic E-state index is 12.7. The molecule has 0 fully saturated rings. The minimum absolute atomic E-state index is 0.0402. The van der Waals surface area contributed by atoms with Crippen LogP contribution in [0, 0.1) is 22.7 Å². The van der Waals surface area contributed by atoms with Gasteiger partial charge in [-0.05, 0) is 42.0 Å². The molecule has 0 amide bonds. The van der Waals surface area contributed by atoms with Crippen LogP contribution in [0.5, 0.6) is 23.0 Å². The average Bonchev–Trinajstić information content (AvgIpc) is 3.18. The number of rotatable bonds is 6.